The lowest BCUT2D eigenvalue weighted by atomic mass is 9.88. The number of rotatable bonds is 6. The summed E-state index contributed by atoms with van der Waals surface area (Å²) in [5.74, 6) is 1.07. The van der Waals surface area contributed by atoms with Crippen LogP contribution >= 0.6 is 11.8 Å². The predicted octanol–water partition coefficient (Wildman–Crippen LogP) is 6.91. The van der Waals surface area contributed by atoms with E-state index in [0.29, 0.717) is 0 Å². The molecule has 0 bridgehead atoms. The van der Waals surface area contributed by atoms with E-state index < -0.39 is 0 Å². The summed E-state index contributed by atoms with van der Waals surface area (Å²) in [6.45, 7) is 2.23. The molecule has 0 amide bonds. The monoisotopic (exact) mass is 386 g/mol. The number of fused-ring (bicyclic) bond motifs is 1. The third-order valence-corrected chi connectivity index (χ3v) is 6.01. The maximum atomic E-state index is 5.03. The molecule has 28 heavy (non-hydrogen) atoms. The van der Waals surface area contributed by atoms with Crippen LogP contribution in [0.1, 0.15) is 49.4 Å². The summed E-state index contributed by atoms with van der Waals surface area (Å²) in [5.41, 5.74) is 7.35. The first kappa shape index (κ1) is 18.9. The van der Waals surface area contributed by atoms with Crippen LogP contribution in [0, 0.1) is 0 Å². The van der Waals surface area contributed by atoms with E-state index in [1.165, 1.54) is 35.1 Å². The number of hydrogen-bond acceptors (Lipinski definition) is 3. The van der Waals surface area contributed by atoms with Crippen LogP contribution in [0.2, 0.25) is 0 Å². The first-order valence-corrected chi connectivity index (χ1v) is 11.2. The molecule has 0 unspecified atom stereocenters. The van der Waals surface area contributed by atoms with Gasteiger partial charge in [-0.15, -0.1) is 0 Å². The molecule has 1 aliphatic rings. The zero-order chi connectivity index (χ0) is 19.2. The lowest BCUT2D eigenvalue weighted by molar-refractivity contribution is 0.783. The van der Waals surface area contributed by atoms with Gasteiger partial charge in [0.25, 0.3) is 0 Å². The van der Waals surface area contributed by atoms with E-state index in [2.05, 4.69) is 73.7 Å². The highest BCUT2D eigenvalue weighted by atomic mass is 32.2. The highest BCUT2D eigenvalue weighted by Gasteiger charge is 2.22. The number of hydrogen-bond donors (Lipinski definition) is 0. The van der Waals surface area contributed by atoms with Crippen LogP contribution in [0.3, 0.4) is 0 Å². The molecular weight excluding hydrogens is 360 g/mol. The molecule has 3 aromatic rings. The maximum absolute atomic E-state index is 5.03. The lowest BCUT2D eigenvalue weighted by Crippen LogP contribution is -2.10. The Balaban J connectivity index is 1.81. The second-order valence-corrected chi connectivity index (χ2v) is 8.25. The van der Waals surface area contributed by atoms with Crippen molar-refractivity contribution in [1.29, 1.82) is 0 Å². The standard InChI is InChI=1S/C25H26N2S/c1-2-3-17-28-25-26-23(20-13-8-5-9-14-20)22-16-10-15-21(24(22)27-25)18-19-11-6-4-7-12-19/h4-9,11-14,18H,2-3,10,15-17H2,1H3/b21-18-. The average Bonchev–Trinajstić information content (AvgIpc) is 2.75. The summed E-state index contributed by atoms with van der Waals surface area (Å²) in [4.78, 5) is 10.0. The van der Waals surface area contributed by atoms with E-state index in [9.17, 15) is 0 Å². The maximum Gasteiger partial charge on any atom is 0.188 e. The number of nitrogens with zero attached hydrogens (tertiary/aromatic N) is 2. The minimum atomic E-state index is 0.909. The molecule has 2 nitrogen and oxygen atoms in total. The van der Waals surface area contributed by atoms with Gasteiger partial charge < -0.3 is 0 Å². The normalized spacial score (nSPS) is 14.8. The molecular formula is C25H26N2S. The van der Waals surface area contributed by atoms with E-state index in [4.69, 9.17) is 9.97 Å². The minimum Gasteiger partial charge on any atom is -0.223 e. The first-order chi connectivity index (χ1) is 13.8. The van der Waals surface area contributed by atoms with Gasteiger partial charge in [-0.25, -0.2) is 9.97 Å². The van der Waals surface area contributed by atoms with E-state index in [1.54, 1.807) is 11.8 Å². The number of thioether (sulfide) groups is 1. The lowest BCUT2D eigenvalue weighted by Gasteiger charge is -2.22. The zero-order valence-electron chi connectivity index (χ0n) is 16.4. The summed E-state index contributed by atoms with van der Waals surface area (Å²) in [7, 11) is 0. The molecule has 0 saturated heterocycles. The van der Waals surface area contributed by atoms with Gasteiger partial charge in [0, 0.05) is 16.9 Å². The van der Waals surface area contributed by atoms with Crippen molar-refractivity contribution in [2.75, 3.05) is 5.75 Å². The van der Waals surface area contributed by atoms with Crippen LogP contribution in [-0.4, -0.2) is 15.7 Å². The van der Waals surface area contributed by atoms with Gasteiger partial charge in [0.1, 0.15) is 0 Å². The highest BCUT2D eigenvalue weighted by molar-refractivity contribution is 7.99. The van der Waals surface area contributed by atoms with Gasteiger partial charge in [-0.1, -0.05) is 85.8 Å². The quantitative estimate of drug-likeness (QED) is 0.261. The fourth-order valence-electron chi connectivity index (χ4n) is 3.64. The Morgan fingerprint density at radius 2 is 1.61 bits per heavy atom. The fraction of sp³-hybridized carbons (Fsp3) is 0.280. The molecule has 0 aliphatic heterocycles. The van der Waals surface area contributed by atoms with Crippen molar-refractivity contribution < 1.29 is 0 Å². The second kappa shape index (κ2) is 9.20. The third kappa shape index (κ3) is 4.36. The van der Waals surface area contributed by atoms with Gasteiger partial charge in [0.2, 0.25) is 0 Å². The molecule has 0 N–H and O–H groups in total. The van der Waals surface area contributed by atoms with Crippen molar-refractivity contribution in [2.45, 2.75) is 44.2 Å². The van der Waals surface area contributed by atoms with Gasteiger partial charge in [-0.2, -0.15) is 0 Å². The summed E-state index contributed by atoms with van der Waals surface area (Å²) in [6, 6.07) is 21.2. The molecule has 0 saturated carbocycles. The first-order valence-electron chi connectivity index (χ1n) is 10.2. The SMILES string of the molecule is CCCCSc1nc2c(c(-c3ccccc3)n1)CCC/C2=C/c1ccccc1. The number of aromatic nitrogens is 2. The largest absolute Gasteiger partial charge is 0.223 e. The summed E-state index contributed by atoms with van der Waals surface area (Å²) < 4.78 is 0. The second-order valence-electron chi connectivity index (χ2n) is 7.18. The molecule has 1 heterocycles. The van der Waals surface area contributed by atoms with Gasteiger partial charge >= 0.3 is 0 Å². The van der Waals surface area contributed by atoms with Gasteiger partial charge in [0.05, 0.1) is 11.4 Å². The molecule has 2 aromatic carbocycles. The Morgan fingerprint density at radius 1 is 0.893 bits per heavy atom. The third-order valence-electron chi connectivity index (χ3n) is 5.08. The minimum absolute atomic E-state index is 0.909. The number of benzene rings is 2. The predicted molar refractivity (Wildman–Crippen MR) is 120 cm³/mol. The molecule has 0 radical (unpaired) electrons. The van der Waals surface area contributed by atoms with Crippen LogP contribution < -0.4 is 0 Å². The van der Waals surface area contributed by atoms with E-state index in [1.807, 2.05) is 0 Å². The van der Waals surface area contributed by atoms with Crippen molar-refractivity contribution in [3.63, 3.8) is 0 Å². The smallest absolute Gasteiger partial charge is 0.188 e. The molecule has 0 atom stereocenters. The topological polar surface area (TPSA) is 25.8 Å². The van der Waals surface area contributed by atoms with Crippen molar-refractivity contribution in [3.8, 4) is 11.3 Å². The van der Waals surface area contributed by atoms with Gasteiger partial charge in [0.15, 0.2) is 5.16 Å². The Hall–Kier alpha value is -2.39. The van der Waals surface area contributed by atoms with Crippen molar-refractivity contribution in [3.05, 3.63) is 77.5 Å². The van der Waals surface area contributed by atoms with E-state index in [-0.39, 0.29) is 0 Å². The molecule has 142 valence electrons. The fourth-order valence-corrected chi connectivity index (χ4v) is 4.57. The highest BCUT2D eigenvalue weighted by Crippen LogP contribution is 2.37. The average molecular weight is 387 g/mol. The van der Waals surface area contributed by atoms with Crippen LogP contribution in [0.4, 0.5) is 0 Å². The number of unbranched alkanes of at least 4 members (excludes halogenated alkanes) is 1. The summed E-state index contributed by atoms with van der Waals surface area (Å²) >= 11 is 1.79. The molecule has 0 fully saturated rings. The molecule has 1 aromatic heterocycles. The number of allylic oxidation sites excluding steroid dienone is 1. The van der Waals surface area contributed by atoms with E-state index >= 15 is 0 Å². The van der Waals surface area contributed by atoms with Crippen molar-refractivity contribution in [1.82, 2.24) is 9.97 Å². The molecule has 4 rings (SSSR count). The summed E-state index contributed by atoms with van der Waals surface area (Å²) in [6.07, 6.45) is 7.97. The molecule has 3 heteroatoms. The van der Waals surface area contributed by atoms with Gasteiger partial charge in [-0.3, -0.25) is 0 Å². The van der Waals surface area contributed by atoms with E-state index in [0.717, 1.165) is 41.6 Å². The Morgan fingerprint density at radius 3 is 2.36 bits per heavy atom. The molecule has 1 aliphatic carbocycles. The van der Waals surface area contributed by atoms with Crippen molar-refractivity contribution in [2.24, 2.45) is 0 Å². The molecule has 0 spiro atoms. The van der Waals surface area contributed by atoms with Gasteiger partial charge in [-0.05, 0) is 42.9 Å². The zero-order valence-corrected chi connectivity index (χ0v) is 17.2. The van der Waals surface area contributed by atoms with Crippen LogP contribution in [0.15, 0.2) is 65.8 Å². The Kier molecular flexibility index (Phi) is 6.23. The Labute approximate surface area is 172 Å². The van der Waals surface area contributed by atoms with Crippen molar-refractivity contribution >= 4 is 23.4 Å². The Bertz CT molecular complexity index is 949. The van der Waals surface area contributed by atoms with Crippen LogP contribution in [-0.2, 0) is 6.42 Å². The summed E-state index contributed by atoms with van der Waals surface area (Å²) in [5, 5.41) is 0.909. The van der Waals surface area contributed by atoms with Crippen LogP contribution in [0.25, 0.3) is 22.9 Å². The van der Waals surface area contributed by atoms with Crippen LogP contribution in [0.5, 0.6) is 0 Å².